The molecule has 3 aromatic rings. The lowest BCUT2D eigenvalue weighted by Crippen LogP contribution is -2.28. The zero-order chi connectivity index (χ0) is 23.7. The van der Waals surface area contributed by atoms with E-state index >= 15 is 0 Å². The van der Waals surface area contributed by atoms with Gasteiger partial charge in [-0.3, -0.25) is 19.1 Å². The summed E-state index contributed by atoms with van der Waals surface area (Å²) in [6.45, 7) is 7.72. The minimum atomic E-state index is -0.159. The third-order valence-electron chi connectivity index (χ3n) is 6.48. The van der Waals surface area contributed by atoms with Gasteiger partial charge in [-0.2, -0.15) is 0 Å². The van der Waals surface area contributed by atoms with Gasteiger partial charge < -0.3 is 19.5 Å². The number of aryl methyl sites for hydroxylation is 1. The lowest BCUT2D eigenvalue weighted by Gasteiger charge is -2.17. The summed E-state index contributed by atoms with van der Waals surface area (Å²) in [7, 11) is 0. The number of pyridine rings is 1. The van der Waals surface area contributed by atoms with Crippen molar-refractivity contribution in [1.29, 1.82) is 0 Å². The Kier molecular flexibility index (Phi) is 6.36. The summed E-state index contributed by atoms with van der Waals surface area (Å²) < 4.78 is 18.7. The fourth-order valence-electron chi connectivity index (χ4n) is 4.60. The van der Waals surface area contributed by atoms with Crippen LogP contribution in [0.25, 0.3) is 16.5 Å². The van der Waals surface area contributed by atoms with Gasteiger partial charge in [0.25, 0.3) is 11.5 Å². The molecular formula is C26H29N3O5. The van der Waals surface area contributed by atoms with E-state index in [0.29, 0.717) is 42.3 Å². The number of hydrogen-bond acceptors (Lipinski definition) is 6. The van der Waals surface area contributed by atoms with Crippen LogP contribution in [0.2, 0.25) is 0 Å². The zero-order valence-electron chi connectivity index (χ0n) is 19.5. The molecule has 2 aliphatic rings. The van der Waals surface area contributed by atoms with Gasteiger partial charge in [-0.15, -0.1) is 0 Å². The Hall–Kier alpha value is -3.20. The van der Waals surface area contributed by atoms with Crippen LogP contribution >= 0.6 is 0 Å². The second-order valence-electron chi connectivity index (χ2n) is 8.74. The first-order valence-electron chi connectivity index (χ1n) is 11.7. The third-order valence-corrected chi connectivity index (χ3v) is 6.48. The summed E-state index contributed by atoms with van der Waals surface area (Å²) in [5.41, 5.74) is 1.96. The standard InChI is InChI=1S/C26H29N3O5/c1-3-27-25(30)19-5-4-17(2)22(12-19)29-9-8-18-6-7-20(13-21(18)26(29)31)32-11-10-28-14-23-24(15-28)34-16-33-23/h4-9,12-13,23-24H,3,10-11,14-16H2,1-2H3,(H,27,30)/t23-,24+. The smallest absolute Gasteiger partial charge is 0.263 e. The van der Waals surface area contributed by atoms with E-state index in [1.807, 2.05) is 38.1 Å². The normalized spacial score (nSPS) is 19.9. The molecule has 3 heterocycles. The topological polar surface area (TPSA) is 82.0 Å². The summed E-state index contributed by atoms with van der Waals surface area (Å²) in [5.74, 6) is 0.495. The van der Waals surface area contributed by atoms with Crippen LogP contribution in [0.1, 0.15) is 22.8 Å². The number of rotatable bonds is 7. The summed E-state index contributed by atoms with van der Waals surface area (Å²) in [4.78, 5) is 28.0. The molecule has 2 aromatic carbocycles. The molecular weight excluding hydrogens is 434 g/mol. The van der Waals surface area contributed by atoms with Crippen molar-refractivity contribution >= 4 is 16.7 Å². The van der Waals surface area contributed by atoms with Crippen LogP contribution in [0.4, 0.5) is 0 Å². The molecule has 34 heavy (non-hydrogen) atoms. The Labute approximate surface area is 198 Å². The SMILES string of the molecule is CCNC(=O)c1ccc(C)c(-n2ccc3ccc(OCCN4C[C@@H]5OCO[C@@H]5C4)cc3c2=O)c1. The van der Waals surface area contributed by atoms with Gasteiger partial charge in [-0.1, -0.05) is 12.1 Å². The van der Waals surface area contributed by atoms with Crippen LogP contribution in [0.15, 0.2) is 53.5 Å². The van der Waals surface area contributed by atoms with Crippen LogP contribution in [0.5, 0.6) is 5.75 Å². The highest BCUT2D eigenvalue weighted by molar-refractivity contribution is 5.95. The molecule has 0 bridgehead atoms. The fraction of sp³-hybridized carbons (Fsp3) is 0.385. The van der Waals surface area contributed by atoms with Crippen molar-refractivity contribution in [2.24, 2.45) is 0 Å². The summed E-state index contributed by atoms with van der Waals surface area (Å²) in [6.07, 6.45) is 2.08. The monoisotopic (exact) mass is 463 g/mol. The van der Waals surface area contributed by atoms with Gasteiger partial charge in [0.2, 0.25) is 0 Å². The van der Waals surface area contributed by atoms with Crippen molar-refractivity contribution in [1.82, 2.24) is 14.8 Å². The molecule has 1 aromatic heterocycles. The minimum Gasteiger partial charge on any atom is -0.492 e. The number of likely N-dealkylation sites (tertiary alicyclic amines) is 1. The highest BCUT2D eigenvalue weighted by Gasteiger charge is 2.38. The van der Waals surface area contributed by atoms with Gasteiger partial charge in [0.1, 0.15) is 31.4 Å². The lowest BCUT2D eigenvalue weighted by molar-refractivity contribution is 0.0140. The van der Waals surface area contributed by atoms with Crippen molar-refractivity contribution in [3.63, 3.8) is 0 Å². The van der Waals surface area contributed by atoms with E-state index in [9.17, 15) is 9.59 Å². The summed E-state index contributed by atoms with van der Waals surface area (Å²) in [6, 6.07) is 12.9. The zero-order valence-corrected chi connectivity index (χ0v) is 19.5. The average molecular weight is 464 g/mol. The Morgan fingerprint density at radius 3 is 2.68 bits per heavy atom. The van der Waals surface area contributed by atoms with Gasteiger partial charge in [-0.25, -0.2) is 0 Å². The van der Waals surface area contributed by atoms with Gasteiger partial charge in [-0.05, 0) is 55.1 Å². The Morgan fingerprint density at radius 1 is 1.12 bits per heavy atom. The molecule has 0 aliphatic carbocycles. The number of ether oxygens (including phenoxy) is 3. The lowest BCUT2D eigenvalue weighted by atomic mass is 10.1. The number of nitrogens with zero attached hydrogens (tertiary/aromatic N) is 2. The maximum Gasteiger partial charge on any atom is 0.263 e. The maximum atomic E-state index is 13.4. The first-order valence-corrected chi connectivity index (χ1v) is 11.7. The third kappa shape index (κ3) is 4.44. The van der Waals surface area contributed by atoms with Crippen LogP contribution in [0, 0.1) is 6.92 Å². The van der Waals surface area contributed by atoms with Crippen molar-refractivity contribution < 1.29 is 19.0 Å². The highest BCUT2D eigenvalue weighted by atomic mass is 16.7. The maximum absolute atomic E-state index is 13.4. The molecule has 0 saturated carbocycles. The molecule has 2 aliphatic heterocycles. The van der Waals surface area contributed by atoms with Crippen molar-refractivity contribution in [3.8, 4) is 11.4 Å². The fourth-order valence-corrected chi connectivity index (χ4v) is 4.60. The number of amides is 1. The van der Waals surface area contributed by atoms with Gasteiger partial charge in [0.05, 0.1) is 11.1 Å². The molecule has 5 rings (SSSR count). The molecule has 2 fully saturated rings. The number of carbonyl (C=O) groups excluding carboxylic acids is 1. The van der Waals surface area contributed by atoms with Gasteiger partial charge in [0, 0.05) is 37.9 Å². The molecule has 8 heteroatoms. The first kappa shape index (κ1) is 22.6. The van der Waals surface area contributed by atoms with Crippen LogP contribution in [-0.4, -0.2) is 67.2 Å². The molecule has 0 spiro atoms. The molecule has 178 valence electrons. The van der Waals surface area contributed by atoms with E-state index in [-0.39, 0.29) is 23.7 Å². The van der Waals surface area contributed by atoms with Gasteiger partial charge >= 0.3 is 0 Å². The van der Waals surface area contributed by atoms with Crippen LogP contribution < -0.4 is 15.6 Å². The quantitative estimate of drug-likeness (QED) is 0.580. The molecule has 0 unspecified atom stereocenters. The number of fused-ring (bicyclic) bond motifs is 2. The molecule has 0 radical (unpaired) electrons. The highest BCUT2D eigenvalue weighted by Crippen LogP contribution is 2.23. The molecule has 2 saturated heterocycles. The van der Waals surface area contributed by atoms with E-state index in [4.69, 9.17) is 14.2 Å². The predicted molar refractivity (Wildman–Crippen MR) is 129 cm³/mol. The number of benzene rings is 2. The summed E-state index contributed by atoms with van der Waals surface area (Å²) in [5, 5.41) is 4.21. The largest absolute Gasteiger partial charge is 0.492 e. The van der Waals surface area contributed by atoms with Crippen molar-refractivity contribution in [2.75, 3.05) is 39.6 Å². The second kappa shape index (κ2) is 9.58. The molecule has 2 atom stereocenters. The molecule has 1 N–H and O–H groups in total. The molecule has 8 nitrogen and oxygen atoms in total. The second-order valence-corrected chi connectivity index (χ2v) is 8.74. The Bertz CT molecular complexity index is 1260. The number of aromatic nitrogens is 1. The predicted octanol–water partition coefficient (Wildman–Crippen LogP) is 2.48. The Morgan fingerprint density at radius 2 is 1.91 bits per heavy atom. The Balaban J connectivity index is 1.35. The minimum absolute atomic E-state index is 0.152. The van der Waals surface area contributed by atoms with Crippen molar-refractivity contribution in [2.45, 2.75) is 26.1 Å². The van der Waals surface area contributed by atoms with Crippen LogP contribution in [0.3, 0.4) is 0 Å². The van der Waals surface area contributed by atoms with E-state index in [0.717, 1.165) is 30.6 Å². The van der Waals surface area contributed by atoms with E-state index < -0.39 is 0 Å². The van der Waals surface area contributed by atoms with Crippen molar-refractivity contribution in [3.05, 3.63) is 70.1 Å². The number of nitrogens with one attached hydrogen (secondary N) is 1. The first-order chi connectivity index (χ1) is 16.5. The number of hydrogen-bond donors (Lipinski definition) is 1. The van der Waals surface area contributed by atoms with E-state index in [1.165, 1.54) is 0 Å². The number of carbonyl (C=O) groups is 1. The van der Waals surface area contributed by atoms with Gasteiger partial charge in [0.15, 0.2) is 0 Å². The van der Waals surface area contributed by atoms with E-state index in [1.54, 1.807) is 29.0 Å². The van der Waals surface area contributed by atoms with E-state index in [2.05, 4.69) is 10.2 Å². The molecule has 1 amide bonds. The van der Waals surface area contributed by atoms with Crippen LogP contribution in [-0.2, 0) is 9.47 Å². The summed E-state index contributed by atoms with van der Waals surface area (Å²) >= 11 is 0. The average Bonchev–Trinajstić information content (AvgIpc) is 3.42.